The maximum absolute atomic E-state index is 6.32. The molecule has 0 bridgehead atoms. The quantitative estimate of drug-likeness (QED) is 0.830. The number of ether oxygens (including phenoxy) is 2. The Morgan fingerprint density at radius 3 is 2.43 bits per heavy atom. The number of rotatable bonds is 6. The van der Waals surface area contributed by atoms with Crippen molar-refractivity contribution in [2.45, 2.75) is 19.9 Å². The summed E-state index contributed by atoms with van der Waals surface area (Å²) >= 11 is 6.32. The molecule has 0 aliphatic carbocycles. The maximum atomic E-state index is 6.32. The molecule has 0 aromatic heterocycles. The van der Waals surface area contributed by atoms with Crippen molar-refractivity contribution in [2.75, 3.05) is 13.7 Å². The first-order chi connectivity index (χ1) is 10.2. The number of nitrogens with one attached hydrogen (secondary N) is 1. The van der Waals surface area contributed by atoms with Gasteiger partial charge < -0.3 is 14.8 Å². The van der Waals surface area contributed by atoms with E-state index in [9.17, 15) is 0 Å². The number of hydrogen-bond donors (Lipinski definition) is 1. The molecule has 3 nitrogen and oxygen atoms in total. The van der Waals surface area contributed by atoms with Gasteiger partial charge in [-0.3, -0.25) is 0 Å². The van der Waals surface area contributed by atoms with Crippen molar-refractivity contribution in [1.29, 1.82) is 0 Å². The summed E-state index contributed by atoms with van der Waals surface area (Å²) in [7, 11) is 1.92. The summed E-state index contributed by atoms with van der Waals surface area (Å²) in [6.07, 6.45) is 0. The number of hydrogen-bond acceptors (Lipinski definition) is 3. The van der Waals surface area contributed by atoms with Crippen LogP contribution in [0.25, 0.3) is 0 Å². The fourth-order valence-electron chi connectivity index (χ4n) is 1.96. The third-order valence-electron chi connectivity index (χ3n) is 3.26. The highest BCUT2D eigenvalue weighted by Crippen LogP contribution is 2.36. The van der Waals surface area contributed by atoms with E-state index in [1.54, 1.807) is 0 Å². The van der Waals surface area contributed by atoms with Gasteiger partial charge in [0, 0.05) is 6.04 Å². The first-order valence-electron chi connectivity index (χ1n) is 7.02. The minimum absolute atomic E-state index is 0.243. The zero-order chi connectivity index (χ0) is 15.2. The monoisotopic (exact) mass is 305 g/mol. The summed E-state index contributed by atoms with van der Waals surface area (Å²) in [5.74, 6) is 2.00. The van der Waals surface area contributed by atoms with Gasteiger partial charge in [-0.1, -0.05) is 29.8 Å². The molecule has 21 heavy (non-hydrogen) atoms. The molecule has 0 aliphatic heterocycles. The van der Waals surface area contributed by atoms with Gasteiger partial charge in [-0.25, -0.2) is 0 Å². The second kappa shape index (κ2) is 7.34. The van der Waals surface area contributed by atoms with Gasteiger partial charge in [0.05, 0.1) is 11.6 Å². The van der Waals surface area contributed by atoms with Crippen molar-refractivity contribution in [2.24, 2.45) is 0 Å². The predicted octanol–water partition coefficient (Wildman–Crippen LogP) is 4.81. The molecule has 112 valence electrons. The molecule has 0 saturated carbocycles. The highest BCUT2D eigenvalue weighted by Gasteiger charge is 2.10. The van der Waals surface area contributed by atoms with E-state index in [4.69, 9.17) is 21.1 Å². The molecule has 4 heteroatoms. The van der Waals surface area contributed by atoms with Crippen LogP contribution in [0.1, 0.15) is 25.5 Å². The van der Waals surface area contributed by atoms with Crippen molar-refractivity contribution in [3.8, 4) is 17.2 Å². The smallest absolute Gasteiger partial charge is 0.169 e. The molecule has 2 aromatic rings. The standard InChI is InChI=1S/C17H20ClNO2/c1-4-20-16-7-5-6-8-17(16)21-15-10-9-13(11-14(15)18)12(2)19-3/h5-12,19H,4H2,1-3H3. The second-order valence-corrected chi connectivity index (χ2v) is 5.09. The van der Waals surface area contributed by atoms with Gasteiger partial charge in [0.2, 0.25) is 0 Å². The van der Waals surface area contributed by atoms with Crippen LogP contribution in [0.15, 0.2) is 42.5 Å². The Hall–Kier alpha value is -1.71. The van der Waals surface area contributed by atoms with Crippen LogP contribution in [0.2, 0.25) is 5.02 Å². The largest absolute Gasteiger partial charge is 0.490 e. The third-order valence-corrected chi connectivity index (χ3v) is 3.55. The van der Waals surface area contributed by atoms with Crippen LogP contribution >= 0.6 is 11.6 Å². The summed E-state index contributed by atoms with van der Waals surface area (Å²) < 4.78 is 11.4. The highest BCUT2D eigenvalue weighted by atomic mass is 35.5. The summed E-state index contributed by atoms with van der Waals surface area (Å²) in [6.45, 7) is 4.61. The minimum Gasteiger partial charge on any atom is -0.490 e. The molecule has 0 fully saturated rings. The van der Waals surface area contributed by atoms with E-state index in [0.29, 0.717) is 28.9 Å². The summed E-state index contributed by atoms with van der Waals surface area (Å²) in [5, 5.41) is 3.77. The van der Waals surface area contributed by atoms with Crippen LogP contribution in [0.5, 0.6) is 17.2 Å². The second-order valence-electron chi connectivity index (χ2n) is 4.68. The lowest BCUT2D eigenvalue weighted by molar-refractivity contribution is 0.321. The molecular formula is C17H20ClNO2. The lowest BCUT2D eigenvalue weighted by Gasteiger charge is -2.15. The Morgan fingerprint density at radius 1 is 1.10 bits per heavy atom. The van der Waals surface area contributed by atoms with Crippen molar-refractivity contribution in [3.63, 3.8) is 0 Å². The molecule has 0 radical (unpaired) electrons. The summed E-state index contributed by atoms with van der Waals surface area (Å²) in [4.78, 5) is 0. The zero-order valence-electron chi connectivity index (χ0n) is 12.5. The van der Waals surface area contributed by atoms with E-state index in [2.05, 4.69) is 12.2 Å². The van der Waals surface area contributed by atoms with Crippen LogP contribution in [-0.4, -0.2) is 13.7 Å². The average molecular weight is 306 g/mol. The molecule has 1 atom stereocenters. The van der Waals surface area contributed by atoms with Crippen LogP contribution < -0.4 is 14.8 Å². The minimum atomic E-state index is 0.243. The van der Waals surface area contributed by atoms with E-state index in [1.165, 1.54) is 0 Å². The molecule has 1 N–H and O–H groups in total. The Labute approximate surface area is 130 Å². The molecule has 2 rings (SSSR count). The van der Waals surface area contributed by atoms with E-state index >= 15 is 0 Å². The molecular weight excluding hydrogens is 286 g/mol. The lowest BCUT2D eigenvalue weighted by atomic mass is 10.1. The summed E-state index contributed by atoms with van der Waals surface area (Å²) in [6, 6.07) is 13.6. The average Bonchev–Trinajstić information content (AvgIpc) is 2.50. The normalized spacial score (nSPS) is 12.0. The maximum Gasteiger partial charge on any atom is 0.169 e. The SMILES string of the molecule is CCOc1ccccc1Oc1ccc(C(C)NC)cc1Cl. The fraction of sp³-hybridized carbons (Fsp3) is 0.294. The Kier molecular flexibility index (Phi) is 5.48. The van der Waals surface area contributed by atoms with Crippen LogP contribution in [0.3, 0.4) is 0 Å². The lowest BCUT2D eigenvalue weighted by Crippen LogP contribution is -2.12. The van der Waals surface area contributed by atoms with Gasteiger partial charge in [-0.15, -0.1) is 0 Å². The molecule has 0 aliphatic rings. The topological polar surface area (TPSA) is 30.5 Å². The highest BCUT2D eigenvalue weighted by molar-refractivity contribution is 6.32. The summed E-state index contributed by atoms with van der Waals surface area (Å²) in [5.41, 5.74) is 1.12. The van der Waals surface area contributed by atoms with Crippen molar-refractivity contribution < 1.29 is 9.47 Å². The predicted molar refractivity (Wildman–Crippen MR) is 86.6 cm³/mol. The molecule has 0 heterocycles. The van der Waals surface area contributed by atoms with Crippen molar-refractivity contribution >= 4 is 11.6 Å². The van der Waals surface area contributed by atoms with Gasteiger partial charge in [0.15, 0.2) is 11.5 Å². The van der Waals surface area contributed by atoms with Gasteiger partial charge in [-0.2, -0.15) is 0 Å². The van der Waals surface area contributed by atoms with Crippen LogP contribution in [0.4, 0.5) is 0 Å². The Morgan fingerprint density at radius 2 is 1.81 bits per heavy atom. The molecule has 1 unspecified atom stereocenters. The molecule has 0 spiro atoms. The zero-order valence-corrected chi connectivity index (χ0v) is 13.3. The number of para-hydroxylation sites is 2. The van der Waals surface area contributed by atoms with E-state index in [1.807, 2.05) is 56.4 Å². The van der Waals surface area contributed by atoms with Gasteiger partial charge in [0.1, 0.15) is 5.75 Å². The van der Waals surface area contributed by atoms with E-state index < -0.39 is 0 Å². The number of benzene rings is 2. The molecule has 0 amide bonds. The number of halogens is 1. The third kappa shape index (κ3) is 3.90. The fourth-order valence-corrected chi connectivity index (χ4v) is 2.19. The van der Waals surface area contributed by atoms with Crippen molar-refractivity contribution in [3.05, 3.63) is 53.1 Å². The van der Waals surface area contributed by atoms with E-state index in [-0.39, 0.29) is 6.04 Å². The first kappa shape index (κ1) is 15.7. The van der Waals surface area contributed by atoms with Crippen molar-refractivity contribution in [1.82, 2.24) is 5.32 Å². The first-order valence-corrected chi connectivity index (χ1v) is 7.40. The van der Waals surface area contributed by atoms with Crippen LogP contribution in [0, 0.1) is 0 Å². The molecule has 0 saturated heterocycles. The Bertz CT molecular complexity index is 601. The molecule has 2 aromatic carbocycles. The van der Waals surface area contributed by atoms with Gasteiger partial charge in [0.25, 0.3) is 0 Å². The van der Waals surface area contributed by atoms with Gasteiger partial charge in [-0.05, 0) is 50.7 Å². The van der Waals surface area contributed by atoms with Gasteiger partial charge >= 0.3 is 0 Å². The van der Waals surface area contributed by atoms with E-state index in [0.717, 1.165) is 5.56 Å². The Balaban J connectivity index is 2.24. The van der Waals surface area contributed by atoms with Crippen LogP contribution in [-0.2, 0) is 0 Å².